The number of nitrogens with one attached hydrogen (secondary N) is 1. The van der Waals surface area contributed by atoms with Crippen molar-refractivity contribution in [1.29, 1.82) is 0 Å². The summed E-state index contributed by atoms with van der Waals surface area (Å²) >= 11 is 1.57. The van der Waals surface area contributed by atoms with E-state index in [1.807, 2.05) is 17.9 Å². The zero-order valence-corrected chi connectivity index (χ0v) is 20.5. The molecule has 3 fully saturated rings. The summed E-state index contributed by atoms with van der Waals surface area (Å²) in [6.07, 6.45) is 6.03. The van der Waals surface area contributed by atoms with E-state index in [0.717, 1.165) is 98.7 Å². The van der Waals surface area contributed by atoms with Gasteiger partial charge in [-0.05, 0) is 51.5 Å². The van der Waals surface area contributed by atoms with Gasteiger partial charge in [0.15, 0.2) is 0 Å². The molecule has 0 atom stereocenters. The van der Waals surface area contributed by atoms with Crippen molar-refractivity contribution in [2.24, 2.45) is 0 Å². The molecule has 1 N–H and O–H groups in total. The number of piperidine rings is 2. The first-order chi connectivity index (χ1) is 16.0. The minimum Gasteiger partial charge on any atom is -0.381 e. The Morgan fingerprint density at radius 1 is 1.03 bits per heavy atom. The number of aryl methyl sites for hydroxylation is 1. The van der Waals surface area contributed by atoms with Crippen molar-refractivity contribution in [2.45, 2.75) is 70.5 Å². The van der Waals surface area contributed by atoms with E-state index in [1.165, 1.54) is 0 Å². The molecule has 0 bridgehead atoms. The molecule has 0 saturated carbocycles. The summed E-state index contributed by atoms with van der Waals surface area (Å²) in [6, 6.07) is 3.17. The largest absolute Gasteiger partial charge is 0.381 e. The Morgan fingerprint density at radius 2 is 1.73 bits per heavy atom. The molecule has 9 heteroatoms. The summed E-state index contributed by atoms with van der Waals surface area (Å²) in [4.78, 5) is 31.0. The minimum absolute atomic E-state index is 0.0438. The van der Waals surface area contributed by atoms with Gasteiger partial charge in [-0.1, -0.05) is 0 Å². The zero-order valence-electron chi connectivity index (χ0n) is 19.7. The SMILES string of the molecule is CC(=O)N1CCC(N2CCC(NC(=O)c3cc4c(C)nn(C5CCOCC5)c4s3)CC2)CC1. The van der Waals surface area contributed by atoms with Crippen LogP contribution in [-0.2, 0) is 9.53 Å². The van der Waals surface area contributed by atoms with Crippen LogP contribution in [-0.4, -0.2) is 82.9 Å². The summed E-state index contributed by atoms with van der Waals surface area (Å²) < 4.78 is 7.64. The van der Waals surface area contributed by atoms with Crippen LogP contribution in [0, 0.1) is 6.92 Å². The molecule has 2 aromatic rings. The molecular formula is C24H35N5O3S. The van der Waals surface area contributed by atoms with E-state index in [4.69, 9.17) is 9.84 Å². The molecule has 33 heavy (non-hydrogen) atoms. The van der Waals surface area contributed by atoms with Crippen LogP contribution in [0.1, 0.15) is 66.9 Å². The lowest BCUT2D eigenvalue weighted by molar-refractivity contribution is -0.130. The van der Waals surface area contributed by atoms with E-state index in [2.05, 4.69) is 14.9 Å². The van der Waals surface area contributed by atoms with Crippen molar-refractivity contribution >= 4 is 33.4 Å². The molecule has 3 saturated heterocycles. The molecule has 5 rings (SSSR count). The fourth-order valence-corrected chi connectivity index (χ4v) is 6.71. The average molecular weight is 474 g/mol. The Balaban J connectivity index is 1.17. The highest BCUT2D eigenvalue weighted by Crippen LogP contribution is 2.33. The number of hydrogen-bond donors (Lipinski definition) is 1. The first-order valence-corrected chi connectivity index (χ1v) is 13.2. The van der Waals surface area contributed by atoms with Gasteiger partial charge < -0.3 is 19.9 Å². The van der Waals surface area contributed by atoms with Gasteiger partial charge in [0.2, 0.25) is 5.91 Å². The van der Waals surface area contributed by atoms with Gasteiger partial charge >= 0.3 is 0 Å². The first-order valence-electron chi connectivity index (χ1n) is 12.4. The quantitative estimate of drug-likeness (QED) is 0.739. The van der Waals surface area contributed by atoms with E-state index >= 15 is 0 Å². The molecule has 5 heterocycles. The molecule has 2 amide bonds. The molecule has 3 aliphatic rings. The van der Waals surface area contributed by atoms with Gasteiger partial charge in [0.25, 0.3) is 5.91 Å². The van der Waals surface area contributed by atoms with Crippen LogP contribution in [0.25, 0.3) is 10.2 Å². The minimum atomic E-state index is 0.0438. The van der Waals surface area contributed by atoms with Crippen LogP contribution in [0.3, 0.4) is 0 Å². The highest BCUT2D eigenvalue weighted by atomic mass is 32.1. The average Bonchev–Trinajstić information content (AvgIpc) is 3.41. The molecule has 3 aliphatic heterocycles. The third-order valence-electron chi connectivity index (χ3n) is 7.62. The lowest BCUT2D eigenvalue weighted by Crippen LogP contribution is -2.51. The van der Waals surface area contributed by atoms with Gasteiger partial charge in [0, 0.05) is 63.8 Å². The van der Waals surface area contributed by atoms with Gasteiger partial charge in [-0.3, -0.25) is 14.3 Å². The number of aromatic nitrogens is 2. The monoisotopic (exact) mass is 473 g/mol. The van der Waals surface area contributed by atoms with Crippen LogP contribution in [0.2, 0.25) is 0 Å². The van der Waals surface area contributed by atoms with Gasteiger partial charge in [-0.2, -0.15) is 5.10 Å². The second kappa shape index (κ2) is 9.72. The maximum Gasteiger partial charge on any atom is 0.261 e. The maximum absolute atomic E-state index is 13.1. The molecule has 0 unspecified atom stereocenters. The van der Waals surface area contributed by atoms with Crippen molar-refractivity contribution in [3.63, 3.8) is 0 Å². The number of ether oxygens (including phenoxy) is 1. The Kier molecular flexibility index (Phi) is 6.72. The summed E-state index contributed by atoms with van der Waals surface area (Å²) in [7, 11) is 0. The molecule has 0 aliphatic carbocycles. The fourth-order valence-electron chi connectivity index (χ4n) is 5.57. The highest BCUT2D eigenvalue weighted by Gasteiger charge is 2.30. The number of fused-ring (bicyclic) bond motifs is 1. The third kappa shape index (κ3) is 4.81. The maximum atomic E-state index is 13.1. The van der Waals surface area contributed by atoms with E-state index in [9.17, 15) is 9.59 Å². The first kappa shape index (κ1) is 22.8. The molecule has 2 aromatic heterocycles. The van der Waals surface area contributed by atoms with Crippen molar-refractivity contribution in [1.82, 2.24) is 24.9 Å². The summed E-state index contributed by atoms with van der Waals surface area (Å²) in [5.41, 5.74) is 0.996. The Labute approximate surface area is 199 Å². The molecule has 0 aromatic carbocycles. The molecule has 0 spiro atoms. The third-order valence-corrected chi connectivity index (χ3v) is 8.74. The predicted molar refractivity (Wildman–Crippen MR) is 129 cm³/mol. The van der Waals surface area contributed by atoms with Crippen molar-refractivity contribution in [3.05, 3.63) is 16.6 Å². The normalized spacial score (nSPS) is 22.2. The number of nitrogens with zero attached hydrogens (tertiary/aromatic N) is 4. The molecule has 180 valence electrons. The number of rotatable bonds is 4. The summed E-state index contributed by atoms with van der Waals surface area (Å²) in [5, 5.41) is 9.16. The fraction of sp³-hybridized carbons (Fsp3) is 0.708. The highest BCUT2D eigenvalue weighted by molar-refractivity contribution is 7.20. The Hall–Kier alpha value is -1.97. The number of amides is 2. The van der Waals surface area contributed by atoms with Crippen molar-refractivity contribution < 1.29 is 14.3 Å². The van der Waals surface area contributed by atoms with E-state index < -0.39 is 0 Å². The van der Waals surface area contributed by atoms with Gasteiger partial charge in [0.1, 0.15) is 4.83 Å². The number of carbonyl (C=O) groups is 2. The second-order valence-electron chi connectivity index (χ2n) is 9.72. The smallest absolute Gasteiger partial charge is 0.261 e. The van der Waals surface area contributed by atoms with Crippen LogP contribution >= 0.6 is 11.3 Å². The molecule has 8 nitrogen and oxygen atoms in total. The topological polar surface area (TPSA) is 79.7 Å². The van der Waals surface area contributed by atoms with Gasteiger partial charge in [-0.15, -0.1) is 11.3 Å². The van der Waals surface area contributed by atoms with Crippen LogP contribution in [0.4, 0.5) is 0 Å². The number of carbonyl (C=O) groups excluding carboxylic acids is 2. The van der Waals surface area contributed by atoms with Crippen LogP contribution in [0.5, 0.6) is 0 Å². The predicted octanol–water partition coefficient (Wildman–Crippen LogP) is 2.96. The number of hydrogen-bond acceptors (Lipinski definition) is 6. The van der Waals surface area contributed by atoms with E-state index in [1.54, 1.807) is 18.3 Å². The molecular weight excluding hydrogens is 438 g/mol. The Morgan fingerprint density at radius 3 is 2.39 bits per heavy atom. The number of thiophene rings is 1. The van der Waals surface area contributed by atoms with Crippen LogP contribution in [0.15, 0.2) is 6.07 Å². The summed E-state index contributed by atoms with van der Waals surface area (Å²) in [5.74, 6) is 0.231. The van der Waals surface area contributed by atoms with Gasteiger partial charge in [-0.25, -0.2) is 0 Å². The second-order valence-corrected chi connectivity index (χ2v) is 10.8. The van der Waals surface area contributed by atoms with E-state index in [0.29, 0.717) is 12.1 Å². The van der Waals surface area contributed by atoms with Crippen molar-refractivity contribution in [3.8, 4) is 0 Å². The molecule has 0 radical (unpaired) electrons. The standard InChI is InChI=1S/C24H35N5O3S/c1-16-21-15-22(33-24(21)29(26-16)20-7-13-32-14-8-20)23(31)25-18-3-9-28(10-4-18)19-5-11-27(12-6-19)17(2)30/h15,18-20H,3-14H2,1-2H3,(H,25,31). The van der Waals surface area contributed by atoms with Crippen LogP contribution < -0.4 is 5.32 Å². The lowest BCUT2D eigenvalue weighted by Gasteiger charge is -2.41. The lowest BCUT2D eigenvalue weighted by atomic mass is 9.97. The Bertz CT molecular complexity index is 995. The van der Waals surface area contributed by atoms with Crippen molar-refractivity contribution in [2.75, 3.05) is 39.4 Å². The van der Waals surface area contributed by atoms with E-state index in [-0.39, 0.29) is 17.9 Å². The van der Waals surface area contributed by atoms with Gasteiger partial charge in [0.05, 0.1) is 16.6 Å². The number of likely N-dealkylation sites (tertiary alicyclic amines) is 2. The summed E-state index contributed by atoms with van der Waals surface area (Å²) in [6.45, 7) is 9.01. The zero-order chi connectivity index (χ0) is 22.9.